The summed E-state index contributed by atoms with van der Waals surface area (Å²) in [7, 11) is 0. The molecule has 0 radical (unpaired) electrons. The second-order valence-electron chi connectivity index (χ2n) is 4.82. The molecule has 0 saturated heterocycles. The van der Waals surface area contributed by atoms with Gasteiger partial charge in [0.1, 0.15) is 5.75 Å². The molecule has 0 amide bonds. The number of aromatic hydroxyl groups is 1. The summed E-state index contributed by atoms with van der Waals surface area (Å²) in [6.07, 6.45) is 3.30. The monoisotopic (exact) mass is 221 g/mol. The molecule has 0 bridgehead atoms. The highest BCUT2D eigenvalue weighted by atomic mass is 16.3. The minimum Gasteiger partial charge on any atom is -0.508 e. The molecule has 1 aromatic carbocycles. The van der Waals surface area contributed by atoms with Crippen molar-refractivity contribution < 1.29 is 10.2 Å². The third-order valence-corrected chi connectivity index (χ3v) is 3.73. The first-order valence-corrected chi connectivity index (χ1v) is 5.82. The van der Waals surface area contributed by atoms with E-state index in [4.69, 9.17) is 5.73 Å². The van der Waals surface area contributed by atoms with E-state index >= 15 is 0 Å². The van der Waals surface area contributed by atoms with Crippen LogP contribution in [0.4, 0.5) is 0 Å². The van der Waals surface area contributed by atoms with Crippen molar-refractivity contribution in [3.8, 4) is 5.75 Å². The van der Waals surface area contributed by atoms with Crippen molar-refractivity contribution in [2.45, 2.75) is 31.8 Å². The van der Waals surface area contributed by atoms with Gasteiger partial charge in [0, 0.05) is 12.0 Å². The van der Waals surface area contributed by atoms with E-state index in [1.807, 2.05) is 12.1 Å². The standard InChI is InChI=1S/C13H19NO2/c14-9-13(6-2-5-12(13)16)8-10-3-1-4-11(15)7-10/h1,3-4,7,12,15-16H,2,5-6,8-9,14H2. The second-order valence-corrected chi connectivity index (χ2v) is 4.82. The first-order valence-electron chi connectivity index (χ1n) is 5.82. The molecule has 0 aromatic heterocycles. The lowest BCUT2D eigenvalue weighted by atomic mass is 9.78. The SMILES string of the molecule is NCC1(Cc2cccc(O)c2)CCCC1O. The van der Waals surface area contributed by atoms with Crippen LogP contribution in [0.1, 0.15) is 24.8 Å². The van der Waals surface area contributed by atoms with Crippen molar-refractivity contribution in [3.05, 3.63) is 29.8 Å². The predicted molar refractivity (Wildman–Crippen MR) is 63.2 cm³/mol. The van der Waals surface area contributed by atoms with Gasteiger partial charge in [-0.25, -0.2) is 0 Å². The minimum atomic E-state index is -0.306. The van der Waals surface area contributed by atoms with E-state index in [9.17, 15) is 10.2 Å². The third-order valence-electron chi connectivity index (χ3n) is 3.73. The van der Waals surface area contributed by atoms with Crippen molar-refractivity contribution in [1.82, 2.24) is 0 Å². The first kappa shape index (κ1) is 11.4. The average molecular weight is 221 g/mol. The van der Waals surface area contributed by atoms with Crippen LogP contribution in [0.5, 0.6) is 5.75 Å². The molecular formula is C13H19NO2. The van der Waals surface area contributed by atoms with E-state index in [0.29, 0.717) is 6.54 Å². The number of phenolic OH excluding ortho intramolecular Hbond substituents is 1. The molecular weight excluding hydrogens is 202 g/mol. The fourth-order valence-electron chi connectivity index (χ4n) is 2.71. The van der Waals surface area contributed by atoms with Gasteiger partial charge < -0.3 is 15.9 Å². The Morgan fingerprint density at radius 1 is 1.44 bits per heavy atom. The topological polar surface area (TPSA) is 66.5 Å². The summed E-state index contributed by atoms with van der Waals surface area (Å²) in [6.45, 7) is 0.504. The average Bonchev–Trinajstić information content (AvgIpc) is 2.61. The van der Waals surface area contributed by atoms with Gasteiger partial charge in [0.2, 0.25) is 0 Å². The largest absolute Gasteiger partial charge is 0.508 e. The number of benzene rings is 1. The molecule has 1 aliphatic rings. The molecule has 0 heterocycles. The number of hydrogen-bond donors (Lipinski definition) is 3. The van der Waals surface area contributed by atoms with Crippen LogP contribution in [0.3, 0.4) is 0 Å². The normalized spacial score (nSPS) is 29.5. The molecule has 2 rings (SSSR count). The summed E-state index contributed by atoms with van der Waals surface area (Å²) in [5, 5.41) is 19.4. The van der Waals surface area contributed by atoms with Gasteiger partial charge in [-0.3, -0.25) is 0 Å². The molecule has 1 aromatic rings. The van der Waals surface area contributed by atoms with Gasteiger partial charge in [0.05, 0.1) is 6.10 Å². The highest BCUT2D eigenvalue weighted by molar-refractivity contribution is 5.28. The molecule has 1 saturated carbocycles. The molecule has 2 unspecified atom stereocenters. The number of aliphatic hydroxyl groups excluding tert-OH is 1. The molecule has 2 atom stereocenters. The number of nitrogens with two attached hydrogens (primary N) is 1. The number of aliphatic hydroxyl groups is 1. The third kappa shape index (κ3) is 2.06. The molecule has 4 N–H and O–H groups in total. The van der Waals surface area contributed by atoms with E-state index in [1.54, 1.807) is 12.1 Å². The van der Waals surface area contributed by atoms with Crippen LogP contribution in [0.2, 0.25) is 0 Å². The van der Waals surface area contributed by atoms with E-state index < -0.39 is 0 Å². The summed E-state index contributed by atoms with van der Waals surface area (Å²) in [5.74, 6) is 0.275. The Labute approximate surface area is 95.9 Å². The van der Waals surface area contributed by atoms with Crippen LogP contribution in [0, 0.1) is 5.41 Å². The van der Waals surface area contributed by atoms with Crippen LogP contribution < -0.4 is 5.73 Å². The molecule has 88 valence electrons. The van der Waals surface area contributed by atoms with Gasteiger partial charge in [0.15, 0.2) is 0 Å². The lowest BCUT2D eigenvalue weighted by Gasteiger charge is -2.31. The molecule has 1 aliphatic carbocycles. The van der Waals surface area contributed by atoms with Crippen molar-refractivity contribution in [2.75, 3.05) is 6.54 Å². The predicted octanol–water partition coefficient (Wildman–Crippen LogP) is 1.42. The van der Waals surface area contributed by atoms with Crippen LogP contribution in [-0.2, 0) is 6.42 Å². The van der Waals surface area contributed by atoms with Crippen molar-refractivity contribution in [3.63, 3.8) is 0 Å². The molecule has 1 fully saturated rings. The van der Waals surface area contributed by atoms with Crippen LogP contribution >= 0.6 is 0 Å². The molecule has 3 nitrogen and oxygen atoms in total. The minimum absolute atomic E-state index is 0.187. The van der Waals surface area contributed by atoms with Gasteiger partial charge >= 0.3 is 0 Å². The van der Waals surface area contributed by atoms with Crippen molar-refractivity contribution in [1.29, 1.82) is 0 Å². The lowest BCUT2D eigenvalue weighted by Crippen LogP contribution is -2.39. The van der Waals surface area contributed by atoms with Gasteiger partial charge in [-0.1, -0.05) is 18.6 Å². The van der Waals surface area contributed by atoms with Crippen molar-refractivity contribution >= 4 is 0 Å². The Morgan fingerprint density at radius 3 is 2.81 bits per heavy atom. The Kier molecular flexibility index (Phi) is 3.17. The summed E-state index contributed by atoms with van der Waals surface area (Å²) in [5.41, 5.74) is 6.68. The summed E-state index contributed by atoms with van der Waals surface area (Å²) in [6, 6.07) is 7.21. The Hall–Kier alpha value is -1.06. The zero-order valence-corrected chi connectivity index (χ0v) is 9.39. The molecule has 0 aliphatic heterocycles. The maximum atomic E-state index is 10.0. The fourth-order valence-corrected chi connectivity index (χ4v) is 2.71. The lowest BCUT2D eigenvalue weighted by molar-refractivity contribution is 0.0588. The Balaban J connectivity index is 2.18. The fraction of sp³-hybridized carbons (Fsp3) is 0.538. The van der Waals surface area contributed by atoms with E-state index in [0.717, 1.165) is 31.2 Å². The van der Waals surface area contributed by atoms with Crippen LogP contribution in [0.15, 0.2) is 24.3 Å². The maximum absolute atomic E-state index is 10.0. The Bertz CT molecular complexity index is 367. The van der Waals surface area contributed by atoms with Gasteiger partial charge in [-0.15, -0.1) is 0 Å². The first-order chi connectivity index (χ1) is 7.66. The quantitative estimate of drug-likeness (QED) is 0.723. The molecule has 3 heteroatoms. The highest BCUT2D eigenvalue weighted by Gasteiger charge is 2.40. The van der Waals surface area contributed by atoms with Crippen LogP contribution in [-0.4, -0.2) is 22.9 Å². The van der Waals surface area contributed by atoms with E-state index in [2.05, 4.69) is 0 Å². The van der Waals surface area contributed by atoms with Crippen LogP contribution in [0.25, 0.3) is 0 Å². The van der Waals surface area contributed by atoms with Crippen molar-refractivity contribution in [2.24, 2.45) is 11.1 Å². The van der Waals surface area contributed by atoms with E-state index in [-0.39, 0.29) is 17.3 Å². The number of phenols is 1. The number of rotatable bonds is 3. The van der Waals surface area contributed by atoms with Gasteiger partial charge in [-0.05, 0) is 37.0 Å². The summed E-state index contributed by atoms with van der Waals surface area (Å²) >= 11 is 0. The zero-order chi connectivity index (χ0) is 11.6. The molecule has 16 heavy (non-hydrogen) atoms. The highest BCUT2D eigenvalue weighted by Crippen LogP contribution is 2.40. The van der Waals surface area contributed by atoms with E-state index in [1.165, 1.54) is 0 Å². The Morgan fingerprint density at radius 2 is 2.25 bits per heavy atom. The number of hydrogen-bond acceptors (Lipinski definition) is 3. The van der Waals surface area contributed by atoms with Gasteiger partial charge in [-0.2, -0.15) is 0 Å². The molecule has 0 spiro atoms. The second kappa shape index (κ2) is 4.44. The summed E-state index contributed by atoms with van der Waals surface area (Å²) < 4.78 is 0. The smallest absolute Gasteiger partial charge is 0.115 e. The zero-order valence-electron chi connectivity index (χ0n) is 9.39. The summed E-state index contributed by atoms with van der Waals surface area (Å²) in [4.78, 5) is 0. The maximum Gasteiger partial charge on any atom is 0.115 e. The van der Waals surface area contributed by atoms with Gasteiger partial charge in [0.25, 0.3) is 0 Å².